The molecule has 1 N–H and O–H groups in total. The van der Waals surface area contributed by atoms with Gasteiger partial charge in [0.05, 0.1) is 0 Å². The minimum Gasteiger partial charge on any atom is -0.348 e. The van der Waals surface area contributed by atoms with Crippen molar-refractivity contribution < 1.29 is 4.39 Å². The average molecular weight is 204 g/mol. The fraction of sp³-hybridized carbons (Fsp3) is 0.250. The molecule has 2 aromatic rings. The summed E-state index contributed by atoms with van der Waals surface area (Å²) in [5, 5.41) is 0. The zero-order chi connectivity index (χ0) is 10.8. The van der Waals surface area contributed by atoms with E-state index < -0.39 is 0 Å². The summed E-state index contributed by atoms with van der Waals surface area (Å²) in [4.78, 5) is 7.23. The molecule has 0 saturated heterocycles. The van der Waals surface area contributed by atoms with Gasteiger partial charge in [0.15, 0.2) is 0 Å². The quantitative estimate of drug-likeness (QED) is 0.800. The maximum atomic E-state index is 13.4. The molecule has 78 valence electrons. The van der Waals surface area contributed by atoms with E-state index in [-0.39, 0.29) is 11.7 Å². The number of imidazole rings is 1. The molecule has 1 atom stereocenters. The van der Waals surface area contributed by atoms with Gasteiger partial charge < -0.3 is 4.98 Å². The summed E-state index contributed by atoms with van der Waals surface area (Å²) in [6.45, 7) is 3.81. The second kappa shape index (κ2) is 3.85. The van der Waals surface area contributed by atoms with Crippen LogP contribution in [0, 0.1) is 12.7 Å². The van der Waals surface area contributed by atoms with Crippen LogP contribution < -0.4 is 0 Å². The normalized spacial score (nSPS) is 12.7. The molecule has 0 spiro atoms. The first-order valence-corrected chi connectivity index (χ1v) is 4.94. The molecule has 0 aliphatic rings. The van der Waals surface area contributed by atoms with Gasteiger partial charge >= 0.3 is 0 Å². The van der Waals surface area contributed by atoms with Gasteiger partial charge in [-0.15, -0.1) is 0 Å². The number of rotatable bonds is 2. The summed E-state index contributed by atoms with van der Waals surface area (Å²) in [7, 11) is 0. The van der Waals surface area contributed by atoms with Crippen LogP contribution >= 0.6 is 0 Å². The molecule has 3 heteroatoms. The van der Waals surface area contributed by atoms with Crippen LogP contribution in [0.15, 0.2) is 30.6 Å². The van der Waals surface area contributed by atoms with E-state index in [0.29, 0.717) is 5.56 Å². The van der Waals surface area contributed by atoms with Crippen LogP contribution in [0.5, 0.6) is 0 Å². The second-order valence-electron chi connectivity index (χ2n) is 3.65. The van der Waals surface area contributed by atoms with Gasteiger partial charge in [-0.1, -0.05) is 19.1 Å². The minimum atomic E-state index is -0.161. The van der Waals surface area contributed by atoms with E-state index in [1.807, 2.05) is 13.0 Å². The van der Waals surface area contributed by atoms with E-state index >= 15 is 0 Å². The first kappa shape index (κ1) is 9.90. The molecule has 0 aliphatic carbocycles. The molecule has 1 aromatic heterocycles. The predicted molar refractivity (Wildman–Crippen MR) is 57.2 cm³/mol. The summed E-state index contributed by atoms with van der Waals surface area (Å²) in [5.41, 5.74) is 1.67. The molecule has 1 aromatic carbocycles. The standard InChI is InChI=1S/C12H13FN2/c1-8-10(4-3-5-11(8)13)9(2)12-14-6-7-15-12/h3-7,9H,1-2H3,(H,14,15). The van der Waals surface area contributed by atoms with Gasteiger partial charge in [-0.3, -0.25) is 0 Å². The van der Waals surface area contributed by atoms with Gasteiger partial charge in [-0.05, 0) is 24.1 Å². The molecule has 0 aliphatic heterocycles. The smallest absolute Gasteiger partial charge is 0.126 e. The highest BCUT2D eigenvalue weighted by molar-refractivity contribution is 5.33. The highest BCUT2D eigenvalue weighted by Crippen LogP contribution is 2.25. The minimum absolute atomic E-state index is 0.0932. The Bertz CT molecular complexity index is 449. The third-order valence-corrected chi connectivity index (χ3v) is 2.71. The van der Waals surface area contributed by atoms with Gasteiger partial charge in [0.1, 0.15) is 11.6 Å². The average Bonchev–Trinajstić information content (AvgIpc) is 2.74. The summed E-state index contributed by atoms with van der Waals surface area (Å²) < 4.78 is 13.4. The summed E-state index contributed by atoms with van der Waals surface area (Å²) in [6, 6.07) is 5.15. The number of benzene rings is 1. The van der Waals surface area contributed by atoms with E-state index in [9.17, 15) is 4.39 Å². The van der Waals surface area contributed by atoms with Crippen LogP contribution in [-0.2, 0) is 0 Å². The number of halogens is 1. The lowest BCUT2D eigenvalue weighted by atomic mass is 9.95. The van der Waals surface area contributed by atoms with Crippen LogP contribution in [0.2, 0.25) is 0 Å². The number of nitrogens with zero attached hydrogens (tertiary/aromatic N) is 1. The zero-order valence-corrected chi connectivity index (χ0v) is 8.79. The van der Waals surface area contributed by atoms with E-state index in [1.54, 1.807) is 25.4 Å². The lowest BCUT2D eigenvalue weighted by molar-refractivity contribution is 0.613. The van der Waals surface area contributed by atoms with Crippen molar-refractivity contribution in [3.8, 4) is 0 Å². The Morgan fingerprint density at radius 2 is 2.20 bits per heavy atom. The Kier molecular flexibility index (Phi) is 2.54. The van der Waals surface area contributed by atoms with Gasteiger partial charge in [-0.25, -0.2) is 9.37 Å². The Labute approximate surface area is 88.2 Å². The SMILES string of the molecule is Cc1c(F)cccc1C(C)c1ncc[nH]1. The summed E-state index contributed by atoms with van der Waals surface area (Å²) in [6.07, 6.45) is 3.49. The predicted octanol–water partition coefficient (Wildman–Crippen LogP) is 3.01. The van der Waals surface area contributed by atoms with Crippen molar-refractivity contribution in [2.24, 2.45) is 0 Å². The number of hydrogen-bond acceptors (Lipinski definition) is 1. The first-order valence-electron chi connectivity index (χ1n) is 4.94. The Balaban J connectivity index is 2.42. The van der Waals surface area contributed by atoms with Crippen LogP contribution in [0.1, 0.15) is 29.8 Å². The number of nitrogens with one attached hydrogen (secondary N) is 1. The van der Waals surface area contributed by atoms with Crippen LogP contribution in [0.3, 0.4) is 0 Å². The van der Waals surface area contributed by atoms with Crippen molar-refractivity contribution in [2.45, 2.75) is 19.8 Å². The number of H-pyrrole nitrogens is 1. The molecule has 2 nitrogen and oxygen atoms in total. The molecule has 0 saturated carbocycles. The third-order valence-electron chi connectivity index (χ3n) is 2.71. The van der Waals surface area contributed by atoms with E-state index in [4.69, 9.17) is 0 Å². The Hall–Kier alpha value is -1.64. The number of aromatic amines is 1. The maximum absolute atomic E-state index is 13.4. The zero-order valence-electron chi connectivity index (χ0n) is 8.79. The second-order valence-corrected chi connectivity index (χ2v) is 3.65. The van der Waals surface area contributed by atoms with Crippen molar-refractivity contribution in [3.05, 3.63) is 53.4 Å². The van der Waals surface area contributed by atoms with Crippen molar-refractivity contribution in [1.82, 2.24) is 9.97 Å². The fourth-order valence-electron chi connectivity index (χ4n) is 1.75. The van der Waals surface area contributed by atoms with Crippen molar-refractivity contribution in [1.29, 1.82) is 0 Å². The molecule has 0 radical (unpaired) electrons. The topological polar surface area (TPSA) is 28.7 Å². The highest BCUT2D eigenvalue weighted by atomic mass is 19.1. The molecular formula is C12H13FN2. The number of aromatic nitrogens is 2. The molecule has 1 unspecified atom stereocenters. The van der Waals surface area contributed by atoms with Crippen LogP contribution in [0.25, 0.3) is 0 Å². The molecular weight excluding hydrogens is 191 g/mol. The molecule has 2 rings (SSSR count). The Morgan fingerprint density at radius 1 is 1.40 bits per heavy atom. The van der Waals surface area contributed by atoms with Crippen molar-refractivity contribution in [3.63, 3.8) is 0 Å². The summed E-state index contributed by atoms with van der Waals surface area (Å²) in [5.74, 6) is 0.797. The monoisotopic (exact) mass is 204 g/mol. The lowest BCUT2D eigenvalue weighted by Gasteiger charge is -2.12. The van der Waals surface area contributed by atoms with Gasteiger partial charge in [0, 0.05) is 18.3 Å². The number of hydrogen-bond donors (Lipinski definition) is 1. The summed E-state index contributed by atoms with van der Waals surface area (Å²) >= 11 is 0. The molecule has 0 bridgehead atoms. The molecule has 1 heterocycles. The van der Waals surface area contributed by atoms with E-state index in [0.717, 1.165) is 11.4 Å². The van der Waals surface area contributed by atoms with Crippen LogP contribution in [-0.4, -0.2) is 9.97 Å². The largest absolute Gasteiger partial charge is 0.348 e. The van der Waals surface area contributed by atoms with Crippen LogP contribution in [0.4, 0.5) is 4.39 Å². The fourth-order valence-corrected chi connectivity index (χ4v) is 1.75. The van der Waals surface area contributed by atoms with E-state index in [2.05, 4.69) is 9.97 Å². The third kappa shape index (κ3) is 1.77. The van der Waals surface area contributed by atoms with Crippen molar-refractivity contribution >= 4 is 0 Å². The maximum Gasteiger partial charge on any atom is 0.126 e. The highest BCUT2D eigenvalue weighted by Gasteiger charge is 2.14. The van der Waals surface area contributed by atoms with Gasteiger partial charge in [0.25, 0.3) is 0 Å². The molecule has 0 amide bonds. The molecule has 0 fully saturated rings. The Morgan fingerprint density at radius 3 is 2.87 bits per heavy atom. The first-order chi connectivity index (χ1) is 7.20. The molecule has 15 heavy (non-hydrogen) atoms. The van der Waals surface area contributed by atoms with E-state index in [1.165, 1.54) is 6.07 Å². The van der Waals surface area contributed by atoms with Gasteiger partial charge in [0.2, 0.25) is 0 Å². The lowest BCUT2D eigenvalue weighted by Crippen LogP contribution is -2.02. The van der Waals surface area contributed by atoms with Crippen molar-refractivity contribution in [2.75, 3.05) is 0 Å². The van der Waals surface area contributed by atoms with Gasteiger partial charge in [-0.2, -0.15) is 0 Å².